The highest BCUT2D eigenvalue weighted by atomic mass is 32.2. The molecule has 62 valence electrons. The van der Waals surface area contributed by atoms with Gasteiger partial charge in [-0.1, -0.05) is 20.8 Å². The molecule has 0 aliphatic carbocycles. The van der Waals surface area contributed by atoms with Gasteiger partial charge >= 0.3 is 0 Å². The molecule has 10 heavy (non-hydrogen) atoms. The Labute approximate surface area is 68.7 Å². The van der Waals surface area contributed by atoms with Crippen molar-refractivity contribution >= 4 is 10.9 Å². The zero-order valence-electron chi connectivity index (χ0n) is 7.65. The fourth-order valence-corrected chi connectivity index (χ4v) is 3.52. The number of hydrogen-bond donors (Lipinski definition) is 0. The standard InChI is InChI=1S/C9H21S/c1-4-7-10(8-5-2)9-6-3/h4-9H2,1-3H3/q+1. The third kappa shape index (κ3) is 5.16. The van der Waals surface area contributed by atoms with Crippen molar-refractivity contribution in [3.8, 4) is 0 Å². The molecule has 0 aromatic carbocycles. The molecule has 0 spiro atoms. The van der Waals surface area contributed by atoms with E-state index in [-0.39, 0.29) is 0 Å². The molecule has 0 aromatic heterocycles. The van der Waals surface area contributed by atoms with Crippen molar-refractivity contribution in [2.75, 3.05) is 17.3 Å². The molecule has 0 aromatic rings. The largest absolute Gasteiger partial charge is 0.107 e. The van der Waals surface area contributed by atoms with Crippen LogP contribution in [0.3, 0.4) is 0 Å². The van der Waals surface area contributed by atoms with E-state index in [2.05, 4.69) is 20.8 Å². The summed E-state index contributed by atoms with van der Waals surface area (Å²) in [4.78, 5) is 0. The van der Waals surface area contributed by atoms with Gasteiger partial charge in [-0.15, -0.1) is 0 Å². The van der Waals surface area contributed by atoms with Crippen LogP contribution in [0.1, 0.15) is 40.0 Å². The summed E-state index contributed by atoms with van der Waals surface area (Å²) in [7, 11) is 0.775. The molecule has 0 atom stereocenters. The van der Waals surface area contributed by atoms with Crippen LogP contribution in [0.25, 0.3) is 0 Å². The van der Waals surface area contributed by atoms with Crippen LogP contribution in [-0.2, 0) is 10.9 Å². The lowest BCUT2D eigenvalue weighted by Gasteiger charge is -2.03. The highest BCUT2D eigenvalue weighted by Crippen LogP contribution is 2.03. The lowest BCUT2D eigenvalue weighted by molar-refractivity contribution is 1.03. The first kappa shape index (κ1) is 10.3. The Hall–Kier alpha value is 0.350. The molecule has 1 heteroatoms. The summed E-state index contributed by atoms with van der Waals surface area (Å²) < 4.78 is 0. The molecule has 0 heterocycles. The summed E-state index contributed by atoms with van der Waals surface area (Å²) in [5.74, 6) is 4.42. The van der Waals surface area contributed by atoms with Crippen molar-refractivity contribution in [1.29, 1.82) is 0 Å². The third-order valence-electron chi connectivity index (χ3n) is 1.48. The highest BCUT2D eigenvalue weighted by molar-refractivity contribution is 7.96. The summed E-state index contributed by atoms with van der Waals surface area (Å²) in [5, 5.41) is 0. The van der Waals surface area contributed by atoms with E-state index in [9.17, 15) is 0 Å². The van der Waals surface area contributed by atoms with Gasteiger partial charge in [-0.3, -0.25) is 0 Å². The van der Waals surface area contributed by atoms with E-state index in [0.29, 0.717) is 0 Å². The molecule has 0 nitrogen and oxygen atoms in total. The maximum atomic E-state index is 2.30. The van der Waals surface area contributed by atoms with Crippen LogP contribution in [0.2, 0.25) is 0 Å². The quantitative estimate of drug-likeness (QED) is 0.526. The molecule has 0 aliphatic heterocycles. The van der Waals surface area contributed by atoms with Crippen LogP contribution < -0.4 is 0 Å². The van der Waals surface area contributed by atoms with Gasteiger partial charge in [0.2, 0.25) is 0 Å². The van der Waals surface area contributed by atoms with Gasteiger partial charge in [-0.25, -0.2) is 0 Å². The number of rotatable bonds is 6. The van der Waals surface area contributed by atoms with E-state index in [0.717, 1.165) is 10.9 Å². The van der Waals surface area contributed by atoms with Crippen LogP contribution in [-0.4, -0.2) is 17.3 Å². The van der Waals surface area contributed by atoms with Gasteiger partial charge in [0.05, 0.1) is 0 Å². The Balaban J connectivity index is 3.30. The smallest absolute Gasteiger partial charge is 0.0609 e. The minimum atomic E-state index is 0.775. The first-order chi connectivity index (χ1) is 4.85. The second kappa shape index (κ2) is 7.46. The van der Waals surface area contributed by atoms with Crippen LogP contribution in [0.5, 0.6) is 0 Å². The Morgan fingerprint density at radius 3 is 1.20 bits per heavy atom. The topological polar surface area (TPSA) is 0 Å². The monoisotopic (exact) mass is 161 g/mol. The van der Waals surface area contributed by atoms with Crippen molar-refractivity contribution in [2.24, 2.45) is 0 Å². The predicted molar refractivity (Wildman–Crippen MR) is 52.8 cm³/mol. The summed E-state index contributed by atoms with van der Waals surface area (Å²) in [6, 6.07) is 0. The molecular formula is C9H21S+. The van der Waals surface area contributed by atoms with Gasteiger partial charge in [0.1, 0.15) is 17.3 Å². The molecule has 0 unspecified atom stereocenters. The summed E-state index contributed by atoms with van der Waals surface area (Å²) in [5.41, 5.74) is 0. The van der Waals surface area contributed by atoms with Crippen molar-refractivity contribution in [2.45, 2.75) is 40.0 Å². The Morgan fingerprint density at radius 2 is 1.00 bits per heavy atom. The van der Waals surface area contributed by atoms with Gasteiger partial charge in [0, 0.05) is 0 Å². The minimum Gasteiger partial charge on any atom is -0.0609 e. The van der Waals surface area contributed by atoms with Crippen molar-refractivity contribution < 1.29 is 0 Å². The number of hydrogen-bond acceptors (Lipinski definition) is 0. The molecule has 0 bridgehead atoms. The van der Waals surface area contributed by atoms with E-state index in [1.807, 2.05) is 0 Å². The molecular weight excluding hydrogens is 140 g/mol. The van der Waals surface area contributed by atoms with Crippen LogP contribution in [0.15, 0.2) is 0 Å². The lowest BCUT2D eigenvalue weighted by atomic mass is 10.6. The SMILES string of the molecule is CCC[S+](CCC)CCC. The van der Waals surface area contributed by atoms with Crippen LogP contribution in [0, 0.1) is 0 Å². The van der Waals surface area contributed by atoms with Crippen molar-refractivity contribution in [3.63, 3.8) is 0 Å². The molecule has 0 N–H and O–H groups in total. The molecule has 0 rings (SSSR count). The maximum Gasteiger partial charge on any atom is 0.107 e. The molecule has 0 fully saturated rings. The van der Waals surface area contributed by atoms with E-state index >= 15 is 0 Å². The second-order valence-corrected chi connectivity index (χ2v) is 5.17. The van der Waals surface area contributed by atoms with E-state index in [1.165, 1.54) is 36.5 Å². The van der Waals surface area contributed by atoms with Crippen molar-refractivity contribution in [1.82, 2.24) is 0 Å². The van der Waals surface area contributed by atoms with E-state index in [1.54, 1.807) is 0 Å². The molecule has 0 saturated heterocycles. The average molecular weight is 161 g/mol. The molecule has 0 amide bonds. The second-order valence-electron chi connectivity index (χ2n) is 2.72. The Kier molecular flexibility index (Phi) is 7.72. The molecule has 0 radical (unpaired) electrons. The normalized spacial score (nSPS) is 10.8. The van der Waals surface area contributed by atoms with Gasteiger partial charge in [0.25, 0.3) is 0 Å². The summed E-state index contributed by atoms with van der Waals surface area (Å²) >= 11 is 0. The Morgan fingerprint density at radius 1 is 0.700 bits per heavy atom. The van der Waals surface area contributed by atoms with Gasteiger partial charge in [0.15, 0.2) is 0 Å². The average Bonchev–Trinajstić information content (AvgIpc) is 1.90. The first-order valence-corrected chi connectivity index (χ1v) is 6.22. The van der Waals surface area contributed by atoms with E-state index in [4.69, 9.17) is 0 Å². The predicted octanol–water partition coefficient (Wildman–Crippen LogP) is 2.83. The summed E-state index contributed by atoms with van der Waals surface area (Å²) in [6.07, 6.45) is 4.13. The van der Waals surface area contributed by atoms with Gasteiger partial charge in [-0.05, 0) is 30.2 Å². The fraction of sp³-hybridized carbons (Fsp3) is 1.00. The zero-order chi connectivity index (χ0) is 7.82. The zero-order valence-corrected chi connectivity index (χ0v) is 8.47. The Bertz CT molecular complexity index is 47.5. The molecule has 0 aliphatic rings. The lowest BCUT2D eigenvalue weighted by Crippen LogP contribution is -2.14. The van der Waals surface area contributed by atoms with Crippen LogP contribution >= 0.6 is 0 Å². The highest BCUT2D eigenvalue weighted by Gasteiger charge is 2.12. The summed E-state index contributed by atoms with van der Waals surface area (Å²) in [6.45, 7) is 6.89. The maximum absolute atomic E-state index is 2.30. The van der Waals surface area contributed by atoms with E-state index < -0.39 is 0 Å². The molecule has 0 saturated carbocycles. The fourth-order valence-electron chi connectivity index (χ4n) is 1.17. The first-order valence-electron chi connectivity index (χ1n) is 4.49. The third-order valence-corrected chi connectivity index (χ3v) is 4.44. The minimum absolute atomic E-state index is 0.775. The van der Waals surface area contributed by atoms with Gasteiger partial charge < -0.3 is 0 Å². The van der Waals surface area contributed by atoms with Crippen LogP contribution in [0.4, 0.5) is 0 Å². The van der Waals surface area contributed by atoms with Gasteiger partial charge in [-0.2, -0.15) is 0 Å². The van der Waals surface area contributed by atoms with Crippen molar-refractivity contribution in [3.05, 3.63) is 0 Å².